The Hall–Kier alpha value is -3.14. The molecule has 2 aliphatic heterocycles. The van der Waals surface area contributed by atoms with Crippen molar-refractivity contribution in [1.29, 1.82) is 5.26 Å². The number of hydrogen-bond donors (Lipinski definition) is 2. The summed E-state index contributed by atoms with van der Waals surface area (Å²) in [6.45, 7) is 5.78. The molecule has 1 aromatic heterocycles. The molecule has 4 rings (SSSR count). The van der Waals surface area contributed by atoms with E-state index in [0.717, 1.165) is 37.1 Å². The van der Waals surface area contributed by atoms with Crippen molar-refractivity contribution in [3.8, 4) is 6.07 Å². The van der Waals surface area contributed by atoms with Crippen LogP contribution in [0.5, 0.6) is 0 Å². The van der Waals surface area contributed by atoms with Crippen molar-refractivity contribution in [2.75, 3.05) is 23.3 Å². The van der Waals surface area contributed by atoms with Crippen molar-refractivity contribution < 1.29 is 4.79 Å². The molecule has 1 amide bonds. The molecule has 2 N–H and O–H groups in total. The summed E-state index contributed by atoms with van der Waals surface area (Å²) in [5.41, 5.74) is 1.88. The molecule has 144 valence electrons. The first-order valence-corrected chi connectivity index (χ1v) is 9.64. The maximum Gasteiger partial charge on any atom is 0.258 e. The number of aryl methyl sites for hydroxylation is 1. The Labute approximate surface area is 163 Å². The standard InChI is InChI=1S/C21H23N5O2/c1-12-5-7-14(8-6-12)16-15(10-22)19(27)23-18-17(16)20(28)25-21(24-18)26-9-3-4-13(2)11-26/h5-8,13,15-16H,3-4,9,11H2,1-2H3,(H2,23,24,25,27,28)/t13-,15+,16-/m0/s1. The number of benzene rings is 1. The molecule has 1 fully saturated rings. The number of amides is 1. The minimum absolute atomic E-state index is 0.263. The molecule has 3 atom stereocenters. The molecule has 7 heteroatoms. The number of aromatic amines is 1. The highest BCUT2D eigenvalue weighted by Gasteiger charge is 2.40. The van der Waals surface area contributed by atoms with Crippen molar-refractivity contribution in [3.63, 3.8) is 0 Å². The van der Waals surface area contributed by atoms with Crippen LogP contribution in [0, 0.1) is 30.1 Å². The van der Waals surface area contributed by atoms with Gasteiger partial charge in [-0.1, -0.05) is 36.8 Å². The van der Waals surface area contributed by atoms with E-state index in [1.807, 2.05) is 31.2 Å². The van der Waals surface area contributed by atoms with Gasteiger partial charge in [0.1, 0.15) is 11.7 Å². The van der Waals surface area contributed by atoms with Crippen molar-refractivity contribution >= 4 is 17.7 Å². The number of piperidine rings is 1. The Bertz CT molecular complexity index is 1000. The van der Waals surface area contributed by atoms with Gasteiger partial charge in [0.15, 0.2) is 0 Å². The molecule has 1 aromatic carbocycles. The molecule has 3 heterocycles. The second kappa shape index (κ2) is 7.12. The Morgan fingerprint density at radius 1 is 1.25 bits per heavy atom. The SMILES string of the molecule is Cc1ccc([C@@H]2c3c(nc(N4CCC[C@H](C)C4)[nH]c3=O)NC(=O)[C@@H]2C#N)cc1. The van der Waals surface area contributed by atoms with E-state index in [1.165, 1.54) is 0 Å². The van der Waals surface area contributed by atoms with Crippen LogP contribution in [0.1, 0.15) is 42.4 Å². The van der Waals surface area contributed by atoms with Gasteiger partial charge in [-0.15, -0.1) is 0 Å². The van der Waals surface area contributed by atoms with E-state index >= 15 is 0 Å². The molecular formula is C21H23N5O2. The molecule has 7 nitrogen and oxygen atoms in total. The molecular weight excluding hydrogens is 354 g/mol. The van der Waals surface area contributed by atoms with Gasteiger partial charge in [-0.3, -0.25) is 14.6 Å². The van der Waals surface area contributed by atoms with E-state index in [9.17, 15) is 14.9 Å². The first-order valence-electron chi connectivity index (χ1n) is 9.64. The van der Waals surface area contributed by atoms with Crippen molar-refractivity contribution in [1.82, 2.24) is 9.97 Å². The summed E-state index contributed by atoms with van der Waals surface area (Å²) in [6, 6.07) is 9.64. The van der Waals surface area contributed by atoms with Crippen molar-refractivity contribution in [2.24, 2.45) is 11.8 Å². The van der Waals surface area contributed by atoms with Crippen molar-refractivity contribution in [2.45, 2.75) is 32.6 Å². The number of nitriles is 1. The van der Waals surface area contributed by atoms with E-state index in [2.05, 4.69) is 33.2 Å². The average Bonchev–Trinajstić information content (AvgIpc) is 2.67. The highest BCUT2D eigenvalue weighted by Crippen LogP contribution is 2.38. The van der Waals surface area contributed by atoms with Crippen LogP contribution in [-0.4, -0.2) is 29.0 Å². The second-order valence-corrected chi connectivity index (χ2v) is 7.83. The van der Waals surface area contributed by atoms with E-state index in [4.69, 9.17) is 0 Å². The van der Waals surface area contributed by atoms with Crippen LogP contribution >= 0.6 is 0 Å². The van der Waals surface area contributed by atoms with Crippen LogP contribution in [0.4, 0.5) is 11.8 Å². The Kier molecular flexibility index (Phi) is 4.63. The van der Waals surface area contributed by atoms with Gasteiger partial charge in [0.2, 0.25) is 11.9 Å². The summed E-state index contributed by atoms with van der Waals surface area (Å²) in [7, 11) is 0. The van der Waals surface area contributed by atoms with Crippen molar-refractivity contribution in [3.05, 3.63) is 51.3 Å². The highest BCUT2D eigenvalue weighted by molar-refractivity contribution is 5.97. The molecule has 2 aliphatic rings. The maximum absolute atomic E-state index is 13.0. The topological polar surface area (TPSA) is 102 Å². The molecule has 1 saturated heterocycles. The third-order valence-electron chi connectivity index (χ3n) is 5.64. The molecule has 0 unspecified atom stereocenters. The van der Waals surface area contributed by atoms with Crippen LogP contribution in [-0.2, 0) is 4.79 Å². The number of H-pyrrole nitrogens is 1. The van der Waals surface area contributed by atoms with Gasteiger partial charge in [-0.05, 0) is 31.2 Å². The third kappa shape index (κ3) is 3.15. The number of fused-ring (bicyclic) bond motifs is 1. The number of nitrogens with one attached hydrogen (secondary N) is 2. The van der Waals surface area contributed by atoms with Crippen LogP contribution in [0.15, 0.2) is 29.1 Å². The van der Waals surface area contributed by atoms with Crippen LogP contribution < -0.4 is 15.8 Å². The molecule has 0 bridgehead atoms. The lowest BCUT2D eigenvalue weighted by Crippen LogP contribution is -2.41. The van der Waals surface area contributed by atoms with Gasteiger partial charge in [0, 0.05) is 19.0 Å². The smallest absolute Gasteiger partial charge is 0.258 e. The summed E-state index contributed by atoms with van der Waals surface area (Å²) in [6.07, 6.45) is 2.19. The number of hydrogen-bond acceptors (Lipinski definition) is 5. The molecule has 0 saturated carbocycles. The quantitative estimate of drug-likeness (QED) is 0.837. The average molecular weight is 377 g/mol. The number of anilines is 2. The van der Waals surface area contributed by atoms with Gasteiger partial charge in [0.25, 0.3) is 5.56 Å². The number of carbonyl (C=O) groups excluding carboxylic acids is 1. The fraction of sp³-hybridized carbons (Fsp3) is 0.429. The summed E-state index contributed by atoms with van der Waals surface area (Å²) in [5, 5.41) is 12.3. The summed E-state index contributed by atoms with van der Waals surface area (Å²) in [5.74, 6) is -0.767. The first-order chi connectivity index (χ1) is 13.5. The second-order valence-electron chi connectivity index (χ2n) is 7.83. The minimum atomic E-state index is -0.973. The van der Waals surface area contributed by atoms with Crippen LogP contribution in [0.3, 0.4) is 0 Å². The van der Waals surface area contributed by atoms with Gasteiger partial charge < -0.3 is 10.2 Å². The fourth-order valence-corrected chi connectivity index (χ4v) is 4.16. The lowest BCUT2D eigenvalue weighted by Gasteiger charge is -2.33. The number of carbonyl (C=O) groups is 1. The largest absolute Gasteiger partial charge is 0.342 e. The molecule has 0 spiro atoms. The predicted molar refractivity (Wildman–Crippen MR) is 106 cm³/mol. The normalized spacial score (nSPS) is 24.2. The van der Waals surface area contributed by atoms with E-state index in [-0.39, 0.29) is 11.4 Å². The Morgan fingerprint density at radius 3 is 2.68 bits per heavy atom. The highest BCUT2D eigenvalue weighted by atomic mass is 16.2. The summed E-state index contributed by atoms with van der Waals surface area (Å²) in [4.78, 5) is 35.2. The van der Waals surface area contributed by atoms with Gasteiger partial charge >= 0.3 is 0 Å². The Morgan fingerprint density at radius 2 is 2.00 bits per heavy atom. The third-order valence-corrected chi connectivity index (χ3v) is 5.64. The monoisotopic (exact) mass is 377 g/mol. The lowest BCUT2D eigenvalue weighted by atomic mass is 9.79. The zero-order valence-corrected chi connectivity index (χ0v) is 16.0. The van der Waals surface area contributed by atoms with Crippen LogP contribution in [0.25, 0.3) is 0 Å². The number of aromatic nitrogens is 2. The predicted octanol–water partition coefficient (Wildman–Crippen LogP) is 2.54. The minimum Gasteiger partial charge on any atom is -0.342 e. The van der Waals surface area contributed by atoms with E-state index in [1.54, 1.807) is 0 Å². The molecule has 0 radical (unpaired) electrons. The fourth-order valence-electron chi connectivity index (χ4n) is 4.16. The van der Waals surface area contributed by atoms with Gasteiger partial charge in [-0.25, -0.2) is 0 Å². The first kappa shape index (κ1) is 18.2. The summed E-state index contributed by atoms with van der Waals surface area (Å²) < 4.78 is 0. The van der Waals surface area contributed by atoms with Crippen LogP contribution in [0.2, 0.25) is 0 Å². The molecule has 28 heavy (non-hydrogen) atoms. The van der Waals surface area contributed by atoms with Gasteiger partial charge in [-0.2, -0.15) is 10.2 Å². The zero-order valence-electron chi connectivity index (χ0n) is 16.0. The number of rotatable bonds is 2. The number of nitrogens with zero attached hydrogens (tertiary/aromatic N) is 3. The molecule has 2 aromatic rings. The van der Waals surface area contributed by atoms with E-state index < -0.39 is 17.7 Å². The Balaban J connectivity index is 1.82. The maximum atomic E-state index is 13.0. The molecule has 0 aliphatic carbocycles. The lowest BCUT2D eigenvalue weighted by molar-refractivity contribution is -0.119. The van der Waals surface area contributed by atoms with E-state index in [0.29, 0.717) is 17.4 Å². The zero-order chi connectivity index (χ0) is 19.8. The van der Waals surface area contributed by atoms with Gasteiger partial charge in [0.05, 0.1) is 11.6 Å². The summed E-state index contributed by atoms with van der Waals surface area (Å²) >= 11 is 0.